The van der Waals surface area contributed by atoms with Crippen molar-refractivity contribution in [1.82, 2.24) is 0 Å². The molecular formula is C13H12O3. The fraction of sp³-hybridized carbons (Fsp3) is 0.231. The third-order valence-corrected chi connectivity index (χ3v) is 2.96. The second-order valence-corrected chi connectivity index (χ2v) is 4.40. The first-order valence-electron chi connectivity index (χ1n) is 5.04. The standard InChI is InChI=1S/C13H12O3/c1-13(2,12(15)16)10-7-8-5-3-4-6-9(8)11(10)14/h3-7H,1-2H3,(H,15,16). The van der Waals surface area contributed by atoms with E-state index >= 15 is 0 Å². The minimum atomic E-state index is -1.14. The summed E-state index contributed by atoms with van der Waals surface area (Å²) in [5.41, 5.74) is 0.598. The van der Waals surface area contributed by atoms with Crippen LogP contribution in [0.2, 0.25) is 0 Å². The van der Waals surface area contributed by atoms with Crippen molar-refractivity contribution >= 4 is 17.8 Å². The number of ketones is 1. The number of aliphatic carboxylic acids is 1. The molecule has 0 fully saturated rings. The van der Waals surface area contributed by atoms with Gasteiger partial charge in [0, 0.05) is 11.1 Å². The van der Waals surface area contributed by atoms with Gasteiger partial charge >= 0.3 is 5.97 Å². The van der Waals surface area contributed by atoms with Gasteiger partial charge in [0.1, 0.15) is 0 Å². The molecule has 0 spiro atoms. The van der Waals surface area contributed by atoms with Gasteiger partial charge in [-0.15, -0.1) is 0 Å². The molecule has 3 heteroatoms. The van der Waals surface area contributed by atoms with Gasteiger partial charge in [0.15, 0.2) is 5.78 Å². The second kappa shape index (κ2) is 3.30. The minimum Gasteiger partial charge on any atom is -0.481 e. The van der Waals surface area contributed by atoms with Gasteiger partial charge < -0.3 is 5.11 Å². The van der Waals surface area contributed by atoms with Crippen LogP contribution in [0.4, 0.5) is 0 Å². The summed E-state index contributed by atoms with van der Waals surface area (Å²) in [6, 6.07) is 7.15. The SMILES string of the molecule is CC(C)(C(=O)O)C1=Cc2ccccc2C1=O. The van der Waals surface area contributed by atoms with Gasteiger partial charge in [-0.1, -0.05) is 24.3 Å². The Morgan fingerprint density at radius 3 is 2.44 bits per heavy atom. The highest BCUT2D eigenvalue weighted by atomic mass is 16.4. The van der Waals surface area contributed by atoms with E-state index in [1.54, 1.807) is 32.1 Å². The lowest BCUT2D eigenvalue weighted by Gasteiger charge is -2.19. The van der Waals surface area contributed by atoms with E-state index in [2.05, 4.69) is 0 Å². The van der Waals surface area contributed by atoms with Crippen molar-refractivity contribution in [3.8, 4) is 0 Å². The van der Waals surface area contributed by atoms with Crippen molar-refractivity contribution < 1.29 is 14.7 Å². The molecule has 1 N–H and O–H groups in total. The zero-order chi connectivity index (χ0) is 11.9. The van der Waals surface area contributed by atoms with Gasteiger partial charge in [-0.05, 0) is 25.5 Å². The Morgan fingerprint density at radius 2 is 1.88 bits per heavy atom. The number of carbonyl (C=O) groups is 2. The number of hydrogen-bond acceptors (Lipinski definition) is 2. The molecule has 0 unspecified atom stereocenters. The molecule has 1 aromatic carbocycles. The summed E-state index contributed by atoms with van der Waals surface area (Å²) < 4.78 is 0. The molecule has 82 valence electrons. The first kappa shape index (κ1) is 10.6. The third-order valence-electron chi connectivity index (χ3n) is 2.96. The molecule has 16 heavy (non-hydrogen) atoms. The average Bonchev–Trinajstić information content (AvgIpc) is 2.57. The van der Waals surface area contributed by atoms with Gasteiger partial charge in [-0.2, -0.15) is 0 Å². The highest BCUT2D eigenvalue weighted by molar-refractivity contribution is 6.20. The van der Waals surface area contributed by atoms with E-state index in [0.717, 1.165) is 5.56 Å². The molecule has 0 atom stereocenters. The van der Waals surface area contributed by atoms with E-state index in [0.29, 0.717) is 11.1 Å². The van der Waals surface area contributed by atoms with Gasteiger partial charge in [0.25, 0.3) is 0 Å². The maximum atomic E-state index is 12.0. The maximum absolute atomic E-state index is 12.0. The summed E-state index contributed by atoms with van der Waals surface area (Å²) in [4.78, 5) is 23.1. The lowest BCUT2D eigenvalue weighted by molar-refractivity contribution is -0.144. The molecule has 0 radical (unpaired) electrons. The smallest absolute Gasteiger partial charge is 0.313 e. The third kappa shape index (κ3) is 1.36. The lowest BCUT2D eigenvalue weighted by atomic mass is 9.82. The summed E-state index contributed by atoms with van der Waals surface area (Å²) in [6.45, 7) is 3.09. The van der Waals surface area contributed by atoms with Crippen molar-refractivity contribution in [3.63, 3.8) is 0 Å². The predicted molar refractivity (Wildman–Crippen MR) is 60.2 cm³/mol. The Balaban J connectivity index is 2.51. The van der Waals surface area contributed by atoms with Crippen molar-refractivity contribution in [2.75, 3.05) is 0 Å². The molecule has 0 aromatic heterocycles. The van der Waals surface area contributed by atoms with Crippen molar-refractivity contribution in [2.45, 2.75) is 13.8 Å². The number of rotatable bonds is 2. The molecule has 0 aliphatic heterocycles. The predicted octanol–water partition coefficient (Wildman–Crippen LogP) is 2.38. The van der Waals surface area contributed by atoms with Gasteiger partial charge in [0.05, 0.1) is 5.41 Å². The Bertz CT molecular complexity index is 510. The van der Waals surface area contributed by atoms with E-state index in [1.165, 1.54) is 0 Å². The second-order valence-electron chi connectivity index (χ2n) is 4.40. The number of carboxylic acids is 1. The van der Waals surface area contributed by atoms with Crippen LogP contribution in [0.15, 0.2) is 29.8 Å². The summed E-state index contributed by atoms with van der Waals surface area (Å²) in [7, 11) is 0. The van der Waals surface area contributed by atoms with Gasteiger partial charge in [-0.25, -0.2) is 0 Å². The van der Waals surface area contributed by atoms with Crippen LogP contribution in [-0.4, -0.2) is 16.9 Å². The number of carbonyl (C=O) groups excluding carboxylic acids is 1. The zero-order valence-electron chi connectivity index (χ0n) is 9.15. The molecule has 1 aromatic rings. The lowest BCUT2D eigenvalue weighted by Crippen LogP contribution is -2.28. The molecule has 0 amide bonds. The summed E-state index contributed by atoms with van der Waals surface area (Å²) in [5.74, 6) is -1.16. The number of fused-ring (bicyclic) bond motifs is 1. The van der Waals surface area contributed by atoms with E-state index in [1.807, 2.05) is 12.1 Å². The summed E-state index contributed by atoms with van der Waals surface area (Å²) in [6.07, 6.45) is 1.67. The first-order chi connectivity index (χ1) is 7.44. The molecule has 0 saturated heterocycles. The largest absolute Gasteiger partial charge is 0.481 e. The van der Waals surface area contributed by atoms with Crippen LogP contribution in [0.3, 0.4) is 0 Å². The molecule has 0 bridgehead atoms. The fourth-order valence-electron chi connectivity index (χ4n) is 1.78. The van der Waals surface area contributed by atoms with Crippen LogP contribution in [0, 0.1) is 5.41 Å². The molecule has 0 saturated carbocycles. The number of benzene rings is 1. The van der Waals surface area contributed by atoms with Crippen LogP contribution >= 0.6 is 0 Å². The number of Topliss-reactive ketones (excluding diaryl/α,β-unsaturated/α-hetero) is 1. The normalized spacial score (nSPS) is 14.6. The van der Waals surface area contributed by atoms with E-state index in [-0.39, 0.29) is 5.78 Å². The monoisotopic (exact) mass is 216 g/mol. The highest BCUT2D eigenvalue weighted by Crippen LogP contribution is 2.36. The van der Waals surface area contributed by atoms with Gasteiger partial charge in [-0.3, -0.25) is 9.59 Å². The Labute approximate surface area is 93.4 Å². The molecule has 0 heterocycles. The van der Waals surface area contributed by atoms with Crippen LogP contribution in [0.25, 0.3) is 6.08 Å². The van der Waals surface area contributed by atoms with Crippen LogP contribution in [-0.2, 0) is 4.79 Å². The molecule has 1 aliphatic carbocycles. The topological polar surface area (TPSA) is 54.4 Å². The van der Waals surface area contributed by atoms with E-state index < -0.39 is 11.4 Å². The molecule has 1 aliphatic rings. The fourth-order valence-corrected chi connectivity index (χ4v) is 1.78. The van der Waals surface area contributed by atoms with E-state index in [4.69, 9.17) is 5.11 Å². The summed E-state index contributed by atoms with van der Waals surface area (Å²) in [5, 5.41) is 9.11. The maximum Gasteiger partial charge on any atom is 0.313 e. The van der Waals surface area contributed by atoms with E-state index in [9.17, 15) is 9.59 Å². The molecular weight excluding hydrogens is 204 g/mol. The van der Waals surface area contributed by atoms with Crippen LogP contribution in [0.5, 0.6) is 0 Å². The summed E-state index contributed by atoms with van der Waals surface area (Å²) >= 11 is 0. The highest BCUT2D eigenvalue weighted by Gasteiger charge is 2.39. The molecule has 2 rings (SSSR count). The minimum absolute atomic E-state index is 0.178. The Morgan fingerprint density at radius 1 is 1.25 bits per heavy atom. The quantitative estimate of drug-likeness (QED) is 0.825. The van der Waals surface area contributed by atoms with Crippen molar-refractivity contribution in [2.24, 2.45) is 5.41 Å². The zero-order valence-corrected chi connectivity index (χ0v) is 9.15. The van der Waals surface area contributed by atoms with Gasteiger partial charge in [0.2, 0.25) is 0 Å². The number of carboxylic acid groups (broad SMARTS) is 1. The number of hydrogen-bond donors (Lipinski definition) is 1. The Kier molecular flexibility index (Phi) is 2.19. The van der Waals surface area contributed by atoms with Crippen molar-refractivity contribution in [3.05, 3.63) is 41.0 Å². The first-order valence-corrected chi connectivity index (χ1v) is 5.04. The Hall–Kier alpha value is -1.90. The molecule has 3 nitrogen and oxygen atoms in total. The average molecular weight is 216 g/mol. The van der Waals surface area contributed by atoms with Crippen LogP contribution < -0.4 is 0 Å². The van der Waals surface area contributed by atoms with Crippen molar-refractivity contribution in [1.29, 1.82) is 0 Å². The van der Waals surface area contributed by atoms with Crippen LogP contribution in [0.1, 0.15) is 29.8 Å².